The van der Waals surface area contributed by atoms with Gasteiger partial charge < -0.3 is 10.6 Å². The molecule has 0 aliphatic rings. The highest BCUT2D eigenvalue weighted by atomic mass is 32.1. The maximum Gasteiger partial charge on any atom is 0.271 e. The highest BCUT2D eigenvalue weighted by molar-refractivity contribution is 7.14. The van der Waals surface area contributed by atoms with E-state index in [1.54, 1.807) is 11.6 Å². The van der Waals surface area contributed by atoms with Crippen LogP contribution >= 0.6 is 11.3 Å². The maximum atomic E-state index is 12.0. The van der Waals surface area contributed by atoms with E-state index in [4.69, 9.17) is 0 Å². The Kier molecular flexibility index (Phi) is 4.41. The van der Waals surface area contributed by atoms with Crippen molar-refractivity contribution in [3.05, 3.63) is 41.2 Å². The average Bonchev–Trinajstić information content (AvgIpc) is 2.87. The molecule has 0 saturated heterocycles. The van der Waals surface area contributed by atoms with Crippen LogP contribution in [0.15, 0.2) is 29.8 Å². The number of nitrogens with one attached hydrogen (secondary N) is 2. The van der Waals surface area contributed by atoms with E-state index in [1.807, 2.05) is 25.1 Å². The molecule has 7 heteroatoms. The van der Waals surface area contributed by atoms with Gasteiger partial charge in [-0.05, 0) is 19.1 Å². The molecule has 0 aromatic carbocycles. The highest BCUT2D eigenvalue weighted by Gasteiger charge is 2.15. The van der Waals surface area contributed by atoms with Gasteiger partial charge in [-0.3, -0.25) is 14.6 Å². The first-order valence-corrected chi connectivity index (χ1v) is 6.89. The summed E-state index contributed by atoms with van der Waals surface area (Å²) in [5.41, 5.74) is 1.06. The van der Waals surface area contributed by atoms with Crippen LogP contribution in [0, 0.1) is 0 Å². The molecule has 0 fully saturated rings. The summed E-state index contributed by atoms with van der Waals surface area (Å²) in [6, 6.07) is 5.31. The second-order valence-electron chi connectivity index (χ2n) is 4.17. The number of carbonyl (C=O) groups excluding carboxylic acids is 2. The Morgan fingerprint density at radius 1 is 1.35 bits per heavy atom. The van der Waals surface area contributed by atoms with Crippen LogP contribution in [0.4, 0.5) is 5.13 Å². The molecule has 0 radical (unpaired) electrons. The molecule has 2 N–H and O–H groups in total. The van der Waals surface area contributed by atoms with Gasteiger partial charge in [0.05, 0.1) is 11.7 Å². The van der Waals surface area contributed by atoms with Gasteiger partial charge >= 0.3 is 0 Å². The Morgan fingerprint density at radius 3 is 2.80 bits per heavy atom. The molecular formula is C13H14N4O2S. The van der Waals surface area contributed by atoms with Crippen molar-refractivity contribution >= 4 is 28.3 Å². The topological polar surface area (TPSA) is 84.0 Å². The number of nitrogens with zero attached hydrogens (tertiary/aromatic N) is 2. The molecule has 20 heavy (non-hydrogen) atoms. The molecule has 2 rings (SSSR count). The van der Waals surface area contributed by atoms with Crippen molar-refractivity contribution < 1.29 is 9.59 Å². The smallest absolute Gasteiger partial charge is 0.271 e. The predicted molar refractivity (Wildman–Crippen MR) is 76.5 cm³/mol. The van der Waals surface area contributed by atoms with Gasteiger partial charge in [-0.15, -0.1) is 11.3 Å². The van der Waals surface area contributed by atoms with Gasteiger partial charge in [0.1, 0.15) is 5.69 Å². The molecule has 0 unspecified atom stereocenters. The third kappa shape index (κ3) is 3.61. The number of carbonyl (C=O) groups is 2. The monoisotopic (exact) mass is 290 g/mol. The van der Waals surface area contributed by atoms with E-state index in [1.165, 1.54) is 18.3 Å². The minimum Gasteiger partial charge on any atom is -0.343 e. The van der Waals surface area contributed by atoms with E-state index in [-0.39, 0.29) is 23.6 Å². The minimum absolute atomic E-state index is 0.213. The Labute approximate surface area is 120 Å². The van der Waals surface area contributed by atoms with Crippen molar-refractivity contribution in [1.82, 2.24) is 15.3 Å². The fraction of sp³-hybridized carbons (Fsp3) is 0.231. The number of rotatable bonds is 4. The summed E-state index contributed by atoms with van der Waals surface area (Å²) in [5.74, 6) is -0.510. The van der Waals surface area contributed by atoms with Crippen molar-refractivity contribution in [2.75, 3.05) is 5.32 Å². The molecule has 2 amide bonds. The number of thiazole rings is 1. The van der Waals surface area contributed by atoms with Crippen LogP contribution in [0.3, 0.4) is 0 Å². The minimum atomic E-state index is -0.295. The molecule has 6 nitrogen and oxygen atoms in total. The van der Waals surface area contributed by atoms with Gasteiger partial charge in [0.15, 0.2) is 5.13 Å². The van der Waals surface area contributed by atoms with Crippen LogP contribution in [0.2, 0.25) is 0 Å². The van der Waals surface area contributed by atoms with Crippen molar-refractivity contribution in [3.8, 4) is 0 Å². The summed E-state index contributed by atoms with van der Waals surface area (Å²) >= 11 is 1.21. The van der Waals surface area contributed by atoms with E-state index in [9.17, 15) is 9.59 Å². The summed E-state index contributed by atoms with van der Waals surface area (Å²) in [6.45, 7) is 3.24. The molecule has 0 spiro atoms. The van der Waals surface area contributed by atoms with Crippen LogP contribution in [0.25, 0.3) is 0 Å². The van der Waals surface area contributed by atoms with Gasteiger partial charge in [-0.2, -0.15) is 0 Å². The van der Waals surface area contributed by atoms with Crippen LogP contribution in [0.5, 0.6) is 0 Å². The van der Waals surface area contributed by atoms with Crippen LogP contribution in [-0.4, -0.2) is 21.8 Å². The maximum absolute atomic E-state index is 12.0. The van der Waals surface area contributed by atoms with E-state index < -0.39 is 0 Å². The molecular weight excluding hydrogens is 276 g/mol. The van der Waals surface area contributed by atoms with Crippen molar-refractivity contribution in [3.63, 3.8) is 0 Å². The van der Waals surface area contributed by atoms with Crippen LogP contribution in [0.1, 0.15) is 36.1 Å². The Hall–Kier alpha value is -2.28. The molecule has 1 atom stereocenters. The molecule has 0 aliphatic carbocycles. The van der Waals surface area contributed by atoms with Crippen molar-refractivity contribution in [1.29, 1.82) is 0 Å². The summed E-state index contributed by atoms with van der Waals surface area (Å²) in [6.07, 6.45) is 1.68. The van der Waals surface area contributed by atoms with Crippen molar-refractivity contribution in [2.24, 2.45) is 0 Å². The highest BCUT2D eigenvalue weighted by Crippen LogP contribution is 2.16. The Morgan fingerprint density at radius 2 is 2.15 bits per heavy atom. The number of pyridine rings is 1. The lowest BCUT2D eigenvalue weighted by atomic mass is 10.2. The summed E-state index contributed by atoms with van der Waals surface area (Å²) < 4.78 is 0. The molecule has 2 aromatic rings. The lowest BCUT2D eigenvalue weighted by molar-refractivity contribution is -0.114. The largest absolute Gasteiger partial charge is 0.343 e. The molecule has 0 saturated carbocycles. The zero-order valence-electron chi connectivity index (χ0n) is 11.1. The number of hydrogen-bond donors (Lipinski definition) is 2. The summed E-state index contributed by atoms with van der Waals surface area (Å²) in [5, 5.41) is 7.36. The lowest BCUT2D eigenvalue weighted by Gasteiger charge is -2.11. The van der Waals surface area contributed by atoms with Crippen molar-refractivity contribution in [2.45, 2.75) is 19.9 Å². The second kappa shape index (κ2) is 6.25. The second-order valence-corrected chi connectivity index (χ2v) is 5.03. The quantitative estimate of drug-likeness (QED) is 0.902. The van der Waals surface area contributed by atoms with Gasteiger partial charge in [-0.1, -0.05) is 6.07 Å². The number of anilines is 1. The Balaban J connectivity index is 2.01. The normalized spacial score (nSPS) is 11.7. The third-order valence-electron chi connectivity index (χ3n) is 2.50. The first-order valence-electron chi connectivity index (χ1n) is 6.01. The van der Waals surface area contributed by atoms with Crippen LogP contribution in [-0.2, 0) is 4.79 Å². The van der Waals surface area contributed by atoms with E-state index in [0.717, 1.165) is 5.69 Å². The summed E-state index contributed by atoms with van der Waals surface area (Å²) in [7, 11) is 0. The fourth-order valence-electron chi connectivity index (χ4n) is 1.56. The molecule has 0 aliphatic heterocycles. The first kappa shape index (κ1) is 14.1. The first-order chi connectivity index (χ1) is 9.56. The Bertz CT molecular complexity index is 612. The molecule has 2 aromatic heterocycles. The van der Waals surface area contributed by atoms with Gasteiger partial charge in [-0.25, -0.2) is 4.98 Å². The zero-order valence-corrected chi connectivity index (χ0v) is 11.9. The van der Waals surface area contributed by atoms with Gasteiger partial charge in [0.2, 0.25) is 5.91 Å². The number of hydrogen-bond acceptors (Lipinski definition) is 5. The van der Waals surface area contributed by atoms with Gasteiger partial charge in [0.25, 0.3) is 5.91 Å². The molecule has 2 heterocycles. The fourth-order valence-corrected chi connectivity index (χ4v) is 2.30. The van der Waals surface area contributed by atoms with E-state index in [0.29, 0.717) is 5.13 Å². The zero-order chi connectivity index (χ0) is 14.5. The molecule has 0 bridgehead atoms. The number of aromatic nitrogens is 2. The van der Waals surface area contributed by atoms with E-state index in [2.05, 4.69) is 20.6 Å². The predicted octanol–water partition coefficient (Wildman–Crippen LogP) is 1.99. The molecule has 104 valence electrons. The SMILES string of the molecule is CC(=O)Nc1nc(C(=O)N[C@H](C)c2ccccn2)cs1. The number of amides is 2. The average molecular weight is 290 g/mol. The standard InChI is InChI=1S/C13H14N4O2S/c1-8(10-5-3-4-6-14-10)15-12(19)11-7-20-13(17-11)16-9(2)18/h3-8H,1-2H3,(H,15,19)(H,16,17,18)/t8-/m1/s1. The van der Waals surface area contributed by atoms with Crippen LogP contribution < -0.4 is 10.6 Å². The van der Waals surface area contributed by atoms with Gasteiger partial charge in [0, 0.05) is 18.5 Å². The van der Waals surface area contributed by atoms with E-state index >= 15 is 0 Å². The lowest BCUT2D eigenvalue weighted by Crippen LogP contribution is -2.27. The summed E-state index contributed by atoms with van der Waals surface area (Å²) in [4.78, 5) is 31.2. The third-order valence-corrected chi connectivity index (χ3v) is 3.26.